The molecule has 1 atom stereocenters. The quantitative estimate of drug-likeness (QED) is 0.795. The molecule has 0 aliphatic rings. The molecule has 84 valence electrons. The lowest BCUT2D eigenvalue weighted by Crippen LogP contribution is -2.29. The summed E-state index contributed by atoms with van der Waals surface area (Å²) in [5.41, 5.74) is 1.62. The van der Waals surface area contributed by atoms with E-state index in [0.717, 1.165) is 30.1 Å². The molecule has 1 rings (SSSR count). The highest BCUT2D eigenvalue weighted by molar-refractivity contribution is 7.80. The summed E-state index contributed by atoms with van der Waals surface area (Å²) in [5, 5.41) is 0. The molecule has 0 amide bonds. The number of rotatable bonds is 4. The molecule has 0 radical (unpaired) electrons. The molecule has 0 spiro atoms. The molecular weight excluding hydrogens is 208 g/mol. The van der Waals surface area contributed by atoms with E-state index < -0.39 is 0 Å². The van der Waals surface area contributed by atoms with Crippen molar-refractivity contribution in [3.63, 3.8) is 0 Å². The minimum absolute atomic E-state index is 0.146. The standard InChI is InChI=1S/C11H18N2OS/c1-4-10(7-15)6-13-9(3)5-8(2)12-11(13)14/h5,10,15H,4,6-7H2,1-3H3. The van der Waals surface area contributed by atoms with Crippen LogP contribution in [0.4, 0.5) is 0 Å². The highest BCUT2D eigenvalue weighted by Gasteiger charge is 2.09. The monoisotopic (exact) mass is 226 g/mol. The minimum atomic E-state index is -0.146. The first kappa shape index (κ1) is 12.3. The first-order valence-corrected chi connectivity index (χ1v) is 5.87. The van der Waals surface area contributed by atoms with Crippen LogP contribution in [0.3, 0.4) is 0 Å². The van der Waals surface area contributed by atoms with Crippen molar-refractivity contribution in [2.24, 2.45) is 5.92 Å². The Kier molecular flexibility index (Phi) is 4.39. The number of aromatic nitrogens is 2. The van der Waals surface area contributed by atoms with Crippen molar-refractivity contribution in [1.29, 1.82) is 0 Å². The molecule has 3 nitrogen and oxygen atoms in total. The summed E-state index contributed by atoms with van der Waals surface area (Å²) in [5.74, 6) is 1.24. The largest absolute Gasteiger partial charge is 0.347 e. The maximum Gasteiger partial charge on any atom is 0.347 e. The van der Waals surface area contributed by atoms with Crippen LogP contribution in [0.15, 0.2) is 10.9 Å². The molecule has 1 heterocycles. The summed E-state index contributed by atoms with van der Waals surface area (Å²) in [6.45, 7) is 6.62. The number of thiol groups is 1. The van der Waals surface area contributed by atoms with Crippen LogP contribution in [-0.4, -0.2) is 15.3 Å². The van der Waals surface area contributed by atoms with Gasteiger partial charge in [0.2, 0.25) is 0 Å². The molecule has 1 unspecified atom stereocenters. The van der Waals surface area contributed by atoms with Crippen molar-refractivity contribution >= 4 is 12.6 Å². The number of hydrogen-bond donors (Lipinski definition) is 1. The van der Waals surface area contributed by atoms with E-state index in [1.165, 1.54) is 0 Å². The molecule has 1 aromatic heterocycles. The van der Waals surface area contributed by atoms with Gasteiger partial charge in [-0.05, 0) is 31.6 Å². The molecule has 0 aliphatic heterocycles. The van der Waals surface area contributed by atoms with Crippen LogP contribution >= 0.6 is 12.6 Å². The van der Waals surface area contributed by atoms with Gasteiger partial charge < -0.3 is 0 Å². The molecule has 0 aromatic carbocycles. The van der Waals surface area contributed by atoms with Gasteiger partial charge in [-0.25, -0.2) is 4.79 Å². The first-order valence-electron chi connectivity index (χ1n) is 5.24. The average molecular weight is 226 g/mol. The van der Waals surface area contributed by atoms with Crippen LogP contribution in [0.2, 0.25) is 0 Å². The average Bonchev–Trinajstić information content (AvgIpc) is 2.17. The zero-order valence-corrected chi connectivity index (χ0v) is 10.4. The maximum atomic E-state index is 11.7. The molecule has 0 saturated carbocycles. The van der Waals surface area contributed by atoms with Crippen LogP contribution in [0.5, 0.6) is 0 Å². The van der Waals surface area contributed by atoms with E-state index in [9.17, 15) is 4.79 Å². The molecule has 0 N–H and O–H groups in total. The lowest BCUT2D eigenvalue weighted by molar-refractivity contribution is 0.454. The van der Waals surface area contributed by atoms with Crippen molar-refractivity contribution in [2.75, 3.05) is 5.75 Å². The molecule has 0 saturated heterocycles. The zero-order valence-electron chi connectivity index (χ0n) is 9.53. The summed E-state index contributed by atoms with van der Waals surface area (Å²) in [4.78, 5) is 15.6. The van der Waals surface area contributed by atoms with E-state index in [-0.39, 0.29) is 5.69 Å². The van der Waals surface area contributed by atoms with E-state index >= 15 is 0 Å². The lowest BCUT2D eigenvalue weighted by atomic mass is 10.1. The summed E-state index contributed by atoms with van der Waals surface area (Å²) in [6.07, 6.45) is 1.03. The fraction of sp³-hybridized carbons (Fsp3) is 0.636. The van der Waals surface area contributed by atoms with Gasteiger partial charge in [-0.15, -0.1) is 0 Å². The summed E-state index contributed by atoms with van der Waals surface area (Å²) in [7, 11) is 0. The Morgan fingerprint density at radius 1 is 1.53 bits per heavy atom. The Labute approximate surface area is 96.0 Å². The van der Waals surface area contributed by atoms with Crippen LogP contribution in [-0.2, 0) is 6.54 Å². The van der Waals surface area contributed by atoms with Crippen LogP contribution in [0.1, 0.15) is 24.7 Å². The molecule has 1 aromatic rings. The van der Waals surface area contributed by atoms with Crippen molar-refractivity contribution in [3.05, 3.63) is 27.9 Å². The predicted octanol–water partition coefficient (Wildman–Crippen LogP) is 1.82. The summed E-state index contributed by atoms with van der Waals surface area (Å²) < 4.78 is 1.73. The predicted molar refractivity (Wildman–Crippen MR) is 65.6 cm³/mol. The summed E-state index contributed by atoms with van der Waals surface area (Å²) in [6, 6.07) is 1.94. The van der Waals surface area contributed by atoms with Crippen molar-refractivity contribution in [3.8, 4) is 0 Å². The minimum Gasteiger partial charge on any atom is -0.296 e. The second kappa shape index (κ2) is 5.35. The van der Waals surface area contributed by atoms with E-state index in [4.69, 9.17) is 0 Å². The second-order valence-electron chi connectivity index (χ2n) is 3.89. The number of hydrogen-bond acceptors (Lipinski definition) is 3. The van der Waals surface area contributed by atoms with Crippen molar-refractivity contribution < 1.29 is 0 Å². The van der Waals surface area contributed by atoms with Gasteiger partial charge in [0, 0.05) is 17.9 Å². The highest BCUT2D eigenvalue weighted by atomic mass is 32.1. The third kappa shape index (κ3) is 3.09. The molecule has 0 fully saturated rings. The molecule has 4 heteroatoms. The maximum absolute atomic E-state index is 11.7. The third-order valence-corrected chi connectivity index (χ3v) is 3.14. The highest BCUT2D eigenvalue weighted by Crippen LogP contribution is 2.08. The van der Waals surface area contributed by atoms with E-state index in [0.29, 0.717) is 5.92 Å². The Bertz CT molecular complexity index is 383. The SMILES string of the molecule is CCC(CS)Cn1c(C)cc(C)nc1=O. The van der Waals surface area contributed by atoms with Gasteiger partial charge in [0.1, 0.15) is 0 Å². The van der Waals surface area contributed by atoms with Gasteiger partial charge in [0.25, 0.3) is 0 Å². The van der Waals surface area contributed by atoms with Crippen LogP contribution < -0.4 is 5.69 Å². The van der Waals surface area contributed by atoms with E-state index in [1.807, 2.05) is 19.9 Å². The van der Waals surface area contributed by atoms with Gasteiger partial charge in [-0.2, -0.15) is 17.6 Å². The first-order chi connectivity index (χ1) is 7.08. The Morgan fingerprint density at radius 3 is 2.67 bits per heavy atom. The van der Waals surface area contributed by atoms with Gasteiger partial charge in [0.05, 0.1) is 0 Å². The van der Waals surface area contributed by atoms with E-state index in [1.54, 1.807) is 4.57 Å². The van der Waals surface area contributed by atoms with Gasteiger partial charge in [0.15, 0.2) is 0 Å². The van der Waals surface area contributed by atoms with Crippen LogP contribution in [0.25, 0.3) is 0 Å². The van der Waals surface area contributed by atoms with Crippen LogP contribution in [0, 0.1) is 19.8 Å². The molecule has 0 bridgehead atoms. The number of aryl methyl sites for hydroxylation is 2. The van der Waals surface area contributed by atoms with Gasteiger partial charge >= 0.3 is 5.69 Å². The number of nitrogens with zero attached hydrogens (tertiary/aromatic N) is 2. The fourth-order valence-electron chi connectivity index (χ4n) is 1.57. The Balaban J connectivity index is 2.99. The topological polar surface area (TPSA) is 34.9 Å². The molecule has 15 heavy (non-hydrogen) atoms. The van der Waals surface area contributed by atoms with Crippen molar-refractivity contribution in [2.45, 2.75) is 33.7 Å². The Morgan fingerprint density at radius 2 is 2.20 bits per heavy atom. The van der Waals surface area contributed by atoms with Gasteiger partial charge in [-0.1, -0.05) is 13.3 Å². The second-order valence-corrected chi connectivity index (χ2v) is 4.25. The fourth-order valence-corrected chi connectivity index (χ4v) is 1.94. The zero-order chi connectivity index (χ0) is 11.4. The normalized spacial score (nSPS) is 12.8. The molecular formula is C11H18N2OS. The van der Waals surface area contributed by atoms with Gasteiger partial charge in [-0.3, -0.25) is 4.57 Å². The lowest BCUT2D eigenvalue weighted by Gasteiger charge is -2.15. The third-order valence-electron chi connectivity index (χ3n) is 2.62. The molecule has 0 aliphatic carbocycles. The van der Waals surface area contributed by atoms with E-state index in [2.05, 4.69) is 24.5 Å². The Hall–Kier alpha value is -0.770. The van der Waals surface area contributed by atoms with Crippen molar-refractivity contribution in [1.82, 2.24) is 9.55 Å². The summed E-state index contributed by atoms with van der Waals surface area (Å²) >= 11 is 4.28. The smallest absolute Gasteiger partial charge is 0.296 e.